The fourth-order valence-corrected chi connectivity index (χ4v) is 8.08. The quantitative estimate of drug-likeness (QED) is 0.0195. The Balaban J connectivity index is 4.15. The molecule has 0 aliphatic rings. The van der Waals surface area contributed by atoms with E-state index < -0.39 is 32.5 Å². The molecular weight excluding hydrogens is 846 g/mol. The van der Waals surface area contributed by atoms with Crippen LogP contribution in [-0.4, -0.2) is 70.0 Å². The van der Waals surface area contributed by atoms with Gasteiger partial charge < -0.3 is 27.9 Å². The van der Waals surface area contributed by atoms with Crippen molar-refractivity contribution in [3.8, 4) is 0 Å². The summed E-state index contributed by atoms with van der Waals surface area (Å²) in [5.74, 6) is -0.879. The lowest BCUT2D eigenvalue weighted by Crippen LogP contribution is -2.37. The summed E-state index contributed by atoms with van der Waals surface area (Å²) < 4.78 is 34.0. The summed E-state index contributed by atoms with van der Waals surface area (Å²) in [7, 11) is 1.14. The Morgan fingerprint density at radius 1 is 0.485 bits per heavy atom. The summed E-state index contributed by atoms with van der Waals surface area (Å²) in [6, 6.07) is 0. The average Bonchev–Trinajstić information content (AvgIpc) is 3.27. The van der Waals surface area contributed by atoms with Crippen molar-refractivity contribution in [2.75, 3.05) is 47.5 Å². The van der Waals surface area contributed by atoms with Gasteiger partial charge in [0.15, 0.2) is 6.10 Å². The van der Waals surface area contributed by atoms with Crippen LogP contribution in [0.2, 0.25) is 0 Å². The topological polar surface area (TPSA) is 111 Å². The first kappa shape index (κ1) is 63.7. The number of likely N-dealkylation sites (N-methyl/N-ethyl adjacent to an activating group) is 1. The van der Waals surface area contributed by atoms with Gasteiger partial charge in [-0.1, -0.05) is 203 Å². The minimum atomic E-state index is -4.64. The third-order valence-electron chi connectivity index (χ3n) is 11.5. The van der Waals surface area contributed by atoms with E-state index in [0.29, 0.717) is 17.4 Å². The molecule has 0 heterocycles. The summed E-state index contributed by atoms with van der Waals surface area (Å²) in [5, 5.41) is 0. The van der Waals surface area contributed by atoms with Crippen molar-refractivity contribution in [3.63, 3.8) is 0 Å². The normalized spacial score (nSPS) is 13.8. The number of rotatable bonds is 49. The molecule has 0 rings (SSSR count). The maximum atomic E-state index is 12.7. The molecule has 2 unspecified atom stereocenters. The molecule has 0 aliphatic carbocycles. The van der Waals surface area contributed by atoms with Gasteiger partial charge in [-0.15, -0.1) is 0 Å². The molecule has 0 amide bonds. The van der Waals surface area contributed by atoms with Gasteiger partial charge in [0.25, 0.3) is 7.82 Å². The van der Waals surface area contributed by atoms with Crippen LogP contribution in [0.15, 0.2) is 60.8 Å². The molecule has 0 radical (unpaired) electrons. The Bertz CT molecular complexity index is 1300. The molecule has 0 N–H and O–H groups in total. The highest BCUT2D eigenvalue weighted by molar-refractivity contribution is 7.45. The molecule has 0 aromatic carbocycles. The molecule has 0 spiro atoms. The number of unbranched alkanes of at least 4 members (excludes halogenated alkanes) is 25. The van der Waals surface area contributed by atoms with Gasteiger partial charge in [0.2, 0.25) is 0 Å². The summed E-state index contributed by atoms with van der Waals surface area (Å²) >= 11 is 0. The first-order valence-corrected chi connectivity index (χ1v) is 28.5. The Kier molecular flexibility index (Phi) is 46.1. The van der Waals surface area contributed by atoms with E-state index in [1.165, 1.54) is 141 Å². The number of hydrogen-bond acceptors (Lipinski definition) is 8. The van der Waals surface area contributed by atoms with Gasteiger partial charge in [-0.25, -0.2) is 0 Å². The zero-order valence-corrected chi connectivity index (χ0v) is 44.3. The van der Waals surface area contributed by atoms with E-state index in [1.807, 2.05) is 21.1 Å². The Hall–Kier alpha value is -2.29. The van der Waals surface area contributed by atoms with Crippen molar-refractivity contribution in [2.24, 2.45) is 0 Å². The van der Waals surface area contributed by atoms with Crippen molar-refractivity contribution in [1.82, 2.24) is 0 Å². The number of carbonyl (C=O) groups excluding carboxylic acids is 2. The van der Waals surface area contributed by atoms with Gasteiger partial charge in [0.1, 0.15) is 19.8 Å². The SMILES string of the molecule is CC/C=C\C/C=C\C/C=C\C/C=C\CCCCC(=O)OC(COC(=O)CCCCCCCCCCCCCCCCC/C=C\CCCCCCCCCC)COP(=O)([O-])OCC[N+](C)(C)C. The molecule has 2 atom stereocenters. The maximum absolute atomic E-state index is 12.7. The number of esters is 2. The number of phosphoric ester groups is 1. The van der Waals surface area contributed by atoms with Crippen LogP contribution in [-0.2, 0) is 32.7 Å². The fourth-order valence-electron chi connectivity index (χ4n) is 7.35. The number of phosphoric acid groups is 1. The lowest BCUT2D eigenvalue weighted by atomic mass is 10.0. The molecule has 0 aromatic heterocycles. The highest BCUT2D eigenvalue weighted by Crippen LogP contribution is 2.38. The van der Waals surface area contributed by atoms with Gasteiger partial charge in [-0.2, -0.15) is 0 Å². The first-order valence-electron chi connectivity index (χ1n) is 27.0. The lowest BCUT2D eigenvalue weighted by Gasteiger charge is -2.28. The highest BCUT2D eigenvalue weighted by atomic mass is 31.2. The van der Waals surface area contributed by atoms with E-state index in [-0.39, 0.29) is 26.1 Å². The molecule has 384 valence electrons. The van der Waals surface area contributed by atoms with Crippen LogP contribution in [0.1, 0.15) is 232 Å². The molecule has 0 bridgehead atoms. The second-order valence-corrected chi connectivity index (χ2v) is 20.6. The number of nitrogens with zero attached hydrogens (tertiary/aromatic N) is 1. The van der Waals surface area contributed by atoms with E-state index in [9.17, 15) is 19.0 Å². The molecule has 66 heavy (non-hydrogen) atoms. The Morgan fingerprint density at radius 2 is 0.864 bits per heavy atom. The summed E-state index contributed by atoms with van der Waals surface area (Å²) in [5.41, 5.74) is 0. The Labute approximate surface area is 406 Å². The van der Waals surface area contributed by atoms with Crippen LogP contribution in [0.5, 0.6) is 0 Å². The minimum absolute atomic E-state index is 0.0404. The van der Waals surface area contributed by atoms with Crippen molar-refractivity contribution >= 4 is 19.8 Å². The van der Waals surface area contributed by atoms with Gasteiger partial charge in [-0.05, 0) is 77.0 Å². The van der Waals surface area contributed by atoms with Gasteiger partial charge in [0.05, 0.1) is 27.7 Å². The number of allylic oxidation sites excluding steroid dienone is 10. The number of carbonyl (C=O) groups is 2. The molecule has 0 fully saturated rings. The number of ether oxygens (including phenoxy) is 2. The van der Waals surface area contributed by atoms with Crippen LogP contribution in [0.25, 0.3) is 0 Å². The molecule has 0 aliphatic heterocycles. The van der Waals surface area contributed by atoms with E-state index in [2.05, 4.69) is 74.6 Å². The summed E-state index contributed by atoms with van der Waals surface area (Å²) in [4.78, 5) is 37.7. The van der Waals surface area contributed by atoms with E-state index in [4.69, 9.17) is 18.5 Å². The average molecular weight is 948 g/mol. The highest BCUT2D eigenvalue weighted by Gasteiger charge is 2.21. The fraction of sp³-hybridized carbons (Fsp3) is 0.786. The van der Waals surface area contributed by atoms with Crippen LogP contribution in [0.4, 0.5) is 0 Å². The van der Waals surface area contributed by atoms with Gasteiger partial charge in [0, 0.05) is 12.8 Å². The van der Waals surface area contributed by atoms with Crippen molar-refractivity contribution in [1.29, 1.82) is 0 Å². The molecular formula is C56H102NO8P. The predicted molar refractivity (Wildman–Crippen MR) is 277 cm³/mol. The van der Waals surface area contributed by atoms with Crippen LogP contribution in [0, 0.1) is 0 Å². The van der Waals surface area contributed by atoms with E-state index in [0.717, 1.165) is 57.8 Å². The standard InChI is InChI=1S/C56H102NO8P/c1-6-8-10-12-14-16-18-20-22-23-24-25-26-27-28-29-30-31-32-33-35-36-38-40-42-44-46-48-55(58)62-52-54(53-64-66(60,61)63-51-50-57(3,4)5)65-56(59)49-47-45-43-41-39-37-34-21-19-17-15-13-11-9-7-2/h9,11,15,17,21,23-24,34,39,41,54H,6-8,10,12-14,16,18-20,22,25-33,35-38,40,42-53H2,1-5H3/b11-9-,17-15-,24-23-,34-21-,41-39-. The zero-order chi connectivity index (χ0) is 48.5. The first-order chi connectivity index (χ1) is 32.0. The number of hydrogen-bond donors (Lipinski definition) is 0. The molecule has 10 heteroatoms. The van der Waals surface area contributed by atoms with E-state index in [1.54, 1.807) is 0 Å². The van der Waals surface area contributed by atoms with Crippen molar-refractivity contribution < 1.29 is 42.1 Å². The monoisotopic (exact) mass is 948 g/mol. The van der Waals surface area contributed by atoms with Crippen LogP contribution >= 0.6 is 7.82 Å². The van der Waals surface area contributed by atoms with Gasteiger partial charge >= 0.3 is 11.9 Å². The zero-order valence-electron chi connectivity index (χ0n) is 43.4. The summed E-state index contributed by atoms with van der Waals surface area (Å²) in [6.07, 6.45) is 59.9. The smallest absolute Gasteiger partial charge is 0.306 e. The predicted octanol–water partition coefficient (Wildman–Crippen LogP) is 15.7. The largest absolute Gasteiger partial charge is 0.756 e. The third kappa shape index (κ3) is 51.1. The maximum Gasteiger partial charge on any atom is 0.306 e. The van der Waals surface area contributed by atoms with Crippen molar-refractivity contribution in [2.45, 2.75) is 238 Å². The molecule has 0 saturated carbocycles. The molecule has 0 saturated heterocycles. The molecule has 9 nitrogen and oxygen atoms in total. The van der Waals surface area contributed by atoms with Crippen LogP contribution < -0.4 is 4.89 Å². The number of quaternary nitrogens is 1. The second-order valence-electron chi connectivity index (χ2n) is 19.2. The third-order valence-corrected chi connectivity index (χ3v) is 12.5. The Morgan fingerprint density at radius 3 is 1.33 bits per heavy atom. The van der Waals surface area contributed by atoms with E-state index >= 15 is 0 Å². The second kappa shape index (κ2) is 47.8. The minimum Gasteiger partial charge on any atom is -0.756 e. The molecule has 0 aromatic rings. The lowest BCUT2D eigenvalue weighted by molar-refractivity contribution is -0.870. The summed E-state index contributed by atoms with van der Waals surface area (Å²) in [6.45, 7) is 4.08. The van der Waals surface area contributed by atoms with Crippen molar-refractivity contribution in [3.05, 3.63) is 60.8 Å². The van der Waals surface area contributed by atoms with Crippen LogP contribution in [0.3, 0.4) is 0 Å². The van der Waals surface area contributed by atoms with Gasteiger partial charge in [-0.3, -0.25) is 14.2 Å².